The van der Waals surface area contributed by atoms with Crippen LogP contribution in [0.3, 0.4) is 0 Å². The Kier molecular flexibility index (Phi) is 3.51. The first-order valence-corrected chi connectivity index (χ1v) is 6.36. The Morgan fingerprint density at radius 2 is 2.17 bits per heavy atom. The summed E-state index contributed by atoms with van der Waals surface area (Å²) in [5.41, 5.74) is 7.48. The minimum atomic E-state index is -0.219. The molecule has 0 unspecified atom stereocenters. The lowest BCUT2D eigenvalue weighted by Gasteiger charge is -2.07. The van der Waals surface area contributed by atoms with Crippen LogP contribution in [0.2, 0.25) is 0 Å². The molecule has 0 radical (unpaired) electrons. The van der Waals surface area contributed by atoms with E-state index in [1.165, 1.54) is 16.9 Å². The van der Waals surface area contributed by atoms with E-state index in [1.807, 2.05) is 18.5 Å². The van der Waals surface area contributed by atoms with Crippen molar-refractivity contribution < 1.29 is 0 Å². The topological polar surface area (TPSA) is 78.7 Å². The lowest BCUT2D eigenvalue weighted by atomic mass is 10.3. The Morgan fingerprint density at radius 3 is 2.78 bits per heavy atom. The van der Waals surface area contributed by atoms with E-state index in [0.717, 1.165) is 22.4 Å². The van der Waals surface area contributed by atoms with Gasteiger partial charge >= 0.3 is 0 Å². The van der Waals surface area contributed by atoms with Crippen molar-refractivity contribution in [3.63, 3.8) is 0 Å². The Labute approximate surface area is 113 Å². The fourth-order valence-corrected chi connectivity index (χ4v) is 2.14. The van der Waals surface area contributed by atoms with Gasteiger partial charge < -0.3 is 5.73 Å². The van der Waals surface area contributed by atoms with Crippen molar-refractivity contribution in [3.05, 3.63) is 38.5 Å². The first-order chi connectivity index (χ1) is 8.52. The Hall–Kier alpha value is -1.63. The van der Waals surface area contributed by atoms with E-state index in [-0.39, 0.29) is 5.56 Å². The van der Waals surface area contributed by atoms with Crippen LogP contribution in [0, 0.1) is 6.92 Å². The molecule has 2 rings (SSSR count). The summed E-state index contributed by atoms with van der Waals surface area (Å²) in [5, 5.41) is 8.39. The molecule has 0 atom stereocenters. The number of anilines is 1. The van der Waals surface area contributed by atoms with Gasteiger partial charge in [0, 0.05) is 12.6 Å². The highest BCUT2D eigenvalue weighted by atomic mass is 79.9. The third-order valence-corrected chi connectivity index (χ3v) is 3.67. The number of hydrogen-bond acceptors (Lipinski definition) is 4. The summed E-state index contributed by atoms with van der Waals surface area (Å²) in [4.78, 5) is 11.7. The molecule has 18 heavy (non-hydrogen) atoms. The zero-order chi connectivity index (χ0) is 13.3. The fraction of sp³-hybridized carbons (Fsp3) is 0.364. The minimum Gasteiger partial charge on any atom is -0.397 e. The molecule has 0 amide bonds. The second-order valence-corrected chi connectivity index (χ2v) is 4.74. The van der Waals surface area contributed by atoms with Gasteiger partial charge in [-0.1, -0.05) is 0 Å². The maximum absolute atomic E-state index is 11.7. The van der Waals surface area contributed by atoms with Crippen molar-refractivity contribution in [2.45, 2.75) is 26.9 Å². The van der Waals surface area contributed by atoms with Gasteiger partial charge in [0.2, 0.25) is 0 Å². The number of aromatic nitrogens is 4. The Bertz CT molecular complexity index is 631. The molecule has 7 heteroatoms. The van der Waals surface area contributed by atoms with Gasteiger partial charge in [-0.15, -0.1) is 0 Å². The van der Waals surface area contributed by atoms with Crippen molar-refractivity contribution in [1.29, 1.82) is 0 Å². The molecule has 96 valence electrons. The number of hydrogen-bond donors (Lipinski definition) is 1. The molecular formula is C11H14BrN5O. The van der Waals surface area contributed by atoms with E-state index in [2.05, 4.69) is 26.1 Å². The van der Waals surface area contributed by atoms with E-state index in [4.69, 9.17) is 5.73 Å². The number of rotatable bonds is 3. The normalized spacial score (nSPS) is 10.8. The standard InChI is InChI=1S/C11H14BrN5O/c1-3-16-9(11(12)7(2)15-16)6-17-10(18)4-8(13)5-14-17/h4-5H,3,6,13H2,1-2H3. The van der Waals surface area contributed by atoms with Crippen LogP contribution in [0.1, 0.15) is 18.3 Å². The number of nitrogen functional groups attached to an aromatic ring is 1. The van der Waals surface area contributed by atoms with Gasteiger partial charge in [-0.2, -0.15) is 10.2 Å². The zero-order valence-corrected chi connectivity index (χ0v) is 11.8. The van der Waals surface area contributed by atoms with Gasteiger partial charge in [-0.3, -0.25) is 9.48 Å². The molecule has 0 saturated carbocycles. The monoisotopic (exact) mass is 311 g/mol. The molecule has 0 aromatic carbocycles. The van der Waals surface area contributed by atoms with Crippen molar-refractivity contribution in [2.24, 2.45) is 0 Å². The highest BCUT2D eigenvalue weighted by Gasteiger charge is 2.13. The largest absolute Gasteiger partial charge is 0.397 e. The zero-order valence-electron chi connectivity index (χ0n) is 10.2. The average Bonchev–Trinajstić information content (AvgIpc) is 2.60. The Morgan fingerprint density at radius 1 is 1.44 bits per heavy atom. The lowest BCUT2D eigenvalue weighted by molar-refractivity contribution is 0.558. The van der Waals surface area contributed by atoms with Crippen molar-refractivity contribution in [2.75, 3.05) is 5.73 Å². The highest BCUT2D eigenvalue weighted by molar-refractivity contribution is 9.10. The number of nitrogens with zero attached hydrogens (tertiary/aromatic N) is 4. The third-order valence-electron chi connectivity index (χ3n) is 2.64. The Balaban J connectivity index is 2.42. The van der Waals surface area contributed by atoms with Crippen LogP contribution < -0.4 is 11.3 Å². The predicted molar refractivity (Wildman–Crippen MR) is 72.3 cm³/mol. The second kappa shape index (κ2) is 4.93. The van der Waals surface area contributed by atoms with Crippen molar-refractivity contribution in [1.82, 2.24) is 19.6 Å². The van der Waals surface area contributed by atoms with E-state index < -0.39 is 0 Å². The van der Waals surface area contributed by atoms with Crippen LogP contribution in [0.25, 0.3) is 0 Å². The summed E-state index contributed by atoms with van der Waals surface area (Å²) in [5.74, 6) is 0. The van der Waals surface area contributed by atoms with E-state index in [1.54, 1.807) is 0 Å². The van der Waals surface area contributed by atoms with Gasteiger partial charge in [0.1, 0.15) is 0 Å². The fourth-order valence-electron chi connectivity index (χ4n) is 1.73. The molecule has 6 nitrogen and oxygen atoms in total. The molecule has 0 saturated heterocycles. The summed E-state index contributed by atoms with van der Waals surface area (Å²) in [6.07, 6.45) is 1.47. The third kappa shape index (κ3) is 2.31. The highest BCUT2D eigenvalue weighted by Crippen LogP contribution is 2.21. The number of halogens is 1. The molecular weight excluding hydrogens is 298 g/mol. The SMILES string of the molecule is CCn1nc(C)c(Br)c1Cn1ncc(N)cc1=O. The van der Waals surface area contributed by atoms with Crippen LogP contribution in [0.5, 0.6) is 0 Å². The van der Waals surface area contributed by atoms with Gasteiger partial charge in [0.15, 0.2) is 0 Å². The number of aryl methyl sites for hydroxylation is 2. The van der Waals surface area contributed by atoms with Crippen LogP contribution in [-0.2, 0) is 13.1 Å². The summed E-state index contributed by atoms with van der Waals surface area (Å²) in [6, 6.07) is 1.36. The maximum Gasteiger partial charge on any atom is 0.269 e. The molecule has 2 N–H and O–H groups in total. The van der Waals surface area contributed by atoms with Crippen molar-refractivity contribution in [3.8, 4) is 0 Å². The molecule has 0 aliphatic rings. The second-order valence-electron chi connectivity index (χ2n) is 3.95. The molecule has 2 heterocycles. The van der Waals surface area contributed by atoms with Crippen LogP contribution in [-0.4, -0.2) is 19.6 Å². The lowest BCUT2D eigenvalue weighted by Crippen LogP contribution is -2.24. The molecule has 2 aromatic rings. The summed E-state index contributed by atoms with van der Waals surface area (Å²) in [6.45, 7) is 5.03. The molecule has 0 aliphatic carbocycles. The van der Waals surface area contributed by atoms with Crippen LogP contribution in [0.4, 0.5) is 5.69 Å². The minimum absolute atomic E-state index is 0.219. The molecule has 0 spiro atoms. The van der Waals surface area contributed by atoms with Gasteiger partial charge in [0.25, 0.3) is 5.56 Å². The predicted octanol–water partition coefficient (Wildman–Crippen LogP) is 1.16. The van der Waals surface area contributed by atoms with E-state index >= 15 is 0 Å². The van der Waals surface area contributed by atoms with E-state index in [0.29, 0.717) is 12.2 Å². The van der Waals surface area contributed by atoms with Crippen molar-refractivity contribution >= 4 is 21.6 Å². The first-order valence-electron chi connectivity index (χ1n) is 5.57. The van der Waals surface area contributed by atoms with Gasteiger partial charge in [-0.05, 0) is 29.8 Å². The smallest absolute Gasteiger partial charge is 0.269 e. The number of nitrogens with two attached hydrogens (primary N) is 1. The van der Waals surface area contributed by atoms with Gasteiger partial charge in [0.05, 0.1) is 34.3 Å². The quantitative estimate of drug-likeness (QED) is 0.922. The van der Waals surface area contributed by atoms with E-state index in [9.17, 15) is 4.79 Å². The molecule has 0 bridgehead atoms. The average molecular weight is 312 g/mol. The van der Waals surface area contributed by atoms with Crippen LogP contribution >= 0.6 is 15.9 Å². The van der Waals surface area contributed by atoms with Gasteiger partial charge in [-0.25, -0.2) is 4.68 Å². The first kappa shape index (κ1) is 12.8. The maximum atomic E-state index is 11.7. The molecule has 0 aliphatic heterocycles. The summed E-state index contributed by atoms with van der Waals surface area (Å²) < 4.78 is 4.13. The summed E-state index contributed by atoms with van der Waals surface area (Å²) >= 11 is 3.49. The summed E-state index contributed by atoms with van der Waals surface area (Å²) in [7, 11) is 0. The molecule has 0 fully saturated rings. The molecule has 2 aromatic heterocycles. The van der Waals surface area contributed by atoms with Crippen LogP contribution in [0.15, 0.2) is 21.5 Å².